The largest absolute Gasteiger partial charge is 3.00 e. The van der Waals surface area contributed by atoms with Crippen molar-refractivity contribution < 1.29 is 20.1 Å². The Morgan fingerprint density at radius 3 is 0.881 bits per heavy atom. The van der Waals surface area contributed by atoms with Gasteiger partial charge in [0.1, 0.15) is 0 Å². The summed E-state index contributed by atoms with van der Waals surface area (Å²) in [4.78, 5) is 14.6. The molecule has 3 nitrogen and oxygen atoms in total. The second-order valence-electron chi connectivity index (χ2n) is 16.9. The van der Waals surface area contributed by atoms with Gasteiger partial charge in [-0.2, -0.15) is 0 Å². The Kier molecular flexibility index (Phi) is 10.3. The number of fused-ring (bicyclic) bond motifs is 9. The Hall–Kier alpha value is -6.70. The molecule has 0 aliphatic rings. The monoisotopic (exact) mass is 1090 g/mol. The van der Waals surface area contributed by atoms with E-state index in [2.05, 4.69) is 203 Å². The first kappa shape index (κ1) is 41.7. The normalized spacial score (nSPS) is 11.7. The summed E-state index contributed by atoms with van der Waals surface area (Å²) in [6.07, 6.45) is 0. The summed E-state index contributed by atoms with van der Waals surface area (Å²) in [5, 5.41) is 9.77. The van der Waals surface area contributed by atoms with E-state index in [-0.39, 0.29) is 20.1 Å². The standard InChI is InChI=1S/C60H36N3S3.Ir/c1-34-61-58-52-22-16-37(28-40(52)19-25-55(58)64-34)46-10-4-7-13-49(46)43-31-44(50-14-8-5-11-47(50)38-17-23-53-41(29-38)20-26-56-59(53)62-35(2)65-56)33-45(32-43)51-15-9-6-12-48(51)39-18-24-54-42(30-39)21-27-57-60(54)63-36(3)66-57;/h4-21,25-33H,1-3H3;/q-3;+3. The van der Waals surface area contributed by atoms with Crippen LogP contribution < -0.4 is 0 Å². The summed E-state index contributed by atoms with van der Waals surface area (Å²) in [5.41, 5.74) is 16.7. The SMILES string of the molecule is Cc1nc2c(ccc3cc(-c4ccccc4-c4cc(-c5ccccc5-c5c[c-]c6c(ccc7sc(C)nc76)c5)cc(-c5ccccc5-c5c[c-]c6c(ccc7sc(C)nc76)c5)c4)c[c-]c32)s1.[Ir+3]. The molecule has 0 N–H and O–H groups in total. The van der Waals surface area contributed by atoms with Gasteiger partial charge in [-0.25, -0.2) is 0 Å². The molecule has 67 heavy (non-hydrogen) atoms. The van der Waals surface area contributed by atoms with Crippen molar-refractivity contribution in [1.82, 2.24) is 15.0 Å². The summed E-state index contributed by atoms with van der Waals surface area (Å²) in [6, 6.07) is 70.9. The molecule has 13 rings (SSSR count). The van der Waals surface area contributed by atoms with Crippen molar-refractivity contribution in [2.45, 2.75) is 20.8 Å². The molecule has 0 saturated carbocycles. The smallest absolute Gasteiger partial charge is 0.290 e. The van der Waals surface area contributed by atoms with Crippen molar-refractivity contribution in [2.75, 3.05) is 0 Å². The molecule has 3 heterocycles. The van der Waals surface area contributed by atoms with E-state index in [1.807, 2.05) is 0 Å². The van der Waals surface area contributed by atoms with Gasteiger partial charge in [0.05, 0.1) is 15.0 Å². The molecule has 0 fully saturated rings. The van der Waals surface area contributed by atoms with Crippen LogP contribution in [0.1, 0.15) is 15.0 Å². The van der Waals surface area contributed by atoms with E-state index >= 15 is 0 Å². The fourth-order valence-electron chi connectivity index (χ4n) is 9.77. The van der Waals surface area contributed by atoms with Crippen molar-refractivity contribution in [3.63, 3.8) is 0 Å². The topological polar surface area (TPSA) is 38.7 Å². The number of thiazole rings is 3. The van der Waals surface area contributed by atoms with E-state index in [1.165, 1.54) is 14.1 Å². The average molecular weight is 1090 g/mol. The molecule has 10 aromatic carbocycles. The minimum Gasteiger partial charge on any atom is -0.290 e. The van der Waals surface area contributed by atoms with Gasteiger partial charge in [0.15, 0.2) is 0 Å². The fraction of sp³-hybridized carbons (Fsp3) is 0.0500. The number of hydrogen-bond donors (Lipinski definition) is 0. The predicted octanol–water partition coefficient (Wildman–Crippen LogP) is 17.3. The summed E-state index contributed by atoms with van der Waals surface area (Å²) in [6.45, 7) is 6.21. The number of rotatable bonds is 6. The Morgan fingerprint density at radius 1 is 0.328 bits per heavy atom. The van der Waals surface area contributed by atoms with Crippen molar-refractivity contribution >= 4 is 97.0 Å². The molecular weight excluding hydrogens is 1050 g/mol. The Balaban J connectivity index is 0.00000468. The van der Waals surface area contributed by atoms with Gasteiger partial charge in [0.25, 0.3) is 0 Å². The summed E-state index contributed by atoms with van der Waals surface area (Å²) in [7, 11) is 0. The van der Waals surface area contributed by atoms with Crippen LogP contribution in [0.2, 0.25) is 0 Å². The molecule has 0 atom stereocenters. The molecule has 0 spiro atoms. The maximum Gasteiger partial charge on any atom is 3.00 e. The van der Waals surface area contributed by atoms with Crippen LogP contribution in [0.25, 0.3) is 130 Å². The van der Waals surface area contributed by atoms with Gasteiger partial charge < -0.3 is 0 Å². The molecule has 318 valence electrons. The fourth-order valence-corrected chi connectivity index (χ4v) is 12.3. The van der Waals surface area contributed by atoms with E-state index in [0.29, 0.717) is 0 Å². The zero-order valence-electron chi connectivity index (χ0n) is 36.5. The number of hydrogen-bond acceptors (Lipinski definition) is 6. The van der Waals surface area contributed by atoms with Crippen molar-refractivity contribution in [1.29, 1.82) is 0 Å². The Labute approximate surface area is 413 Å². The minimum absolute atomic E-state index is 0. The average Bonchev–Trinajstić information content (AvgIpc) is 4.07. The Morgan fingerprint density at radius 2 is 0.597 bits per heavy atom. The van der Waals surface area contributed by atoms with Crippen molar-refractivity contribution in [3.05, 3.63) is 197 Å². The van der Waals surface area contributed by atoms with Crippen LogP contribution in [0.4, 0.5) is 0 Å². The van der Waals surface area contributed by atoms with E-state index < -0.39 is 0 Å². The van der Waals surface area contributed by atoms with Crippen LogP contribution >= 0.6 is 34.0 Å². The van der Waals surface area contributed by atoms with Gasteiger partial charge in [-0.3, -0.25) is 15.0 Å². The quantitative estimate of drug-likeness (QED) is 0.156. The van der Waals surface area contributed by atoms with Gasteiger partial charge in [0.2, 0.25) is 0 Å². The van der Waals surface area contributed by atoms with E-state index in [1.54, 1.807) is 34.0 Å². The van der Waals surface area contributed by atoms with Crippen LogP contribution in [0, 0.1) is 39.0 Å². The molecule has 0 amide bonds. The van der Waals surface area contributed by atoms with Crippen LogP contribution in [0.5, 0.6) is 0 Å². The number of benzene rings is 10. The molecule has 3 aromatic heterocycles. The predicted molar refractivity (Wildman–Crippen MR) is 282 cm³/mol. The third-order valence-corrected chi connectivity index (χ3v) is 15.5. The first-order valence-corrected chi connectivity index (χ1v) is 24.4. The second kappa shape index (κ2) is 16.6. The number of nitrogens with zero attached hydrogens (tertiary/aromatic N) is 3. The second-order valence-corrected chi connectivity index (χ2v) is 20.6. The van der Waals surface area contributed by atoms with Crippen LogP contribution in [0.15, 0.2) is 164 Å². The third kappa shape index (κ3) is 7.21. The zero-order valence-corrected chi connectivity index (χ0v) is 41.3. The maximum absolute atomic E-state index is 4.88. The molecule has 7 heteroatoms. The Bertz CT molecular complexity index is 3690. The first-order valence-electron chi connectivity index (χ1n) is 22.0. The molecular formula is C60H36IrN3S3. The van der Waals surface area contributed by atoms with Gasteiger partial charge in [0, 0.05) is 30.6 Å². The minimum atomic E-state index is 0. The van der Waals surface area contributed by atoms with E-state index in [9.17, 15) is 0 Å². The zero-order chi connectivity index (χ0) is 44.0. The van der Waals surface area contributed by atoms with Gasteiger partial charge in [-0.1, -0.05) is 143 Å². The first-order chi connectivity index (χ1) is 32.4. The number of aryl methyl sites for hydroxylation is 3. The van der Waals surface area contributed by atoms with Crippen molar-refractivity contribution in [2.24, 2.45) is 0 Å². The van der Waals surface area contributed by atoms with Gasteiger partial charge >= 0.3 is 20.1 Å². The molecule has 0 aliphatic carbocycles. The summed E-state index contributed by atoms with van der Waals surface area (Å²) in [5.74, 6) is 0. The molecule has 0 unspecified atom stereocenters. The van der Waals surface area contributed by atoms with Crippen LogP contribution in [-0.4, -0.2) is 15.0 Å². The number of aromatic nitrogens is 3. The molecule has 0 bridgehead atoms. The van der Waals surface area contributed by atoms with Crippen LogP contribution in [-0.2, 0) is 20.1 Å². The summed E-state index contributed by atoms with van der Waals surface area (Å²) >= 11 is 5.19. The molecule has 0 saturated heterocycles. The molecule has 13 aromatic rings. The van der Waals surface area contributed by atoms with Gasteiger partial charge in [-0.15, -0.1) is 121 Å². The van der Waals surface area contributed by atoms with E-state index in [0.717, 1.165) is 131 Å². The third-order valence-electron chi connectivity index (χ3n) is 12.7. The van der Waals surface area contributed by atoms with Gasteiger partial charge in [-0.05, 0) is 72.4 Å². The van der Waals surface area contributed by atoms with E-state index in [4.69, 9.17) is 15.0 Å². The van der Waals surface area contributed by atoms with Crippen LogP contribution in [0.3, 0.4) is 0 Å². The molecule has 0 radical (unpaired) electrons. The maximum atomic E-state index is 4.88. The molecule has 0 aliphatic heterocycles. The van der Waals surface area contributed by atoms with Crippen molar-refractivity contribution in [3.8, 4) is 66.8 Å². The summed E-state index contributed by atoms with van der Waals surface area (Å²) < 4.78 is 3.57.